The standard InChI is InChI=1S/C23H41NO/c1-2-3-4-11-16-22-18-13-14-19-23(22)17-12-9-7-5-6-8-10-15-20-24-21-25/h13-14,22-23H,2-12,15-20H2,1H3. The van der Waals surface area contributed by atoms with Crippen LogP contribution in [-0.4, -0.2) is 12.6 Å². The number of aliphatic imine (C=N–C) groups is 1. The van der Waals surface area contributed by atoms with E-state index in [1.807, 2.05) is 0 Å². The van der Waals surface area contributed by atoms with Gasteiger partial charge >= 0.3 is 0 Å². The van der Waals surface area contributed by atoms with Crippen molar-refractivity contribution < 1.29 is 4.79 Å². The summed E-state index contributed by atoms with van der Waals surface area (Å²) in [5.41, 5.74) is 0. The summed E-state index contributed by atoms with van der Waals surface area (Å²) in [7, 11) is 0. The average Bonchev–Trinajstić information content (AvgIpc) is 2.64. The number of hydrogen-bond donors (Lipinski definition) is 0. The van der Waals surface area contributed by atoms with Crippen molar-refractivity contribution in [2.24, 2.45) is 16.8 Å². The van der Waals surface area contributed by atoms with Gasteiger partial charge in [0.25, 0.3) is 0 Å². The highest BCUT2D eigenvalue weighted by atomic mass is 16.1. The van der Waals surface area contributed by atoms with Crippen molar-refractivity contribution in [3.05, 3.63) is 12.2 Å². The summed E-state index contributed by atoms with van der Waals surface area (Å²) in [5, 5.41) is 0. The molecule has 0 aliphatic heterocycles. The van der Waals surface area contributed by atoms with E-state index in [-0.39, 0.29) is 0 Å². The maximum absolute atomic E-state index is 9.96. The SMILES string of the molecule is CCCCCCC1CC=CCC1CCCCCCCCCCN=C=O. The third kappa shape index (κ3) is 12.2. The maximum atomic E-state index is 9.96. The molecule has 1 aliphatic rings. The second kappa shape index (κ2) is 16.6. The summed E-state index contributed by atoms with van der Waals surface area (Å²) in [6, 6.07) is 0. The molecule has 0 saturated carbocycles. The number of nitrogens with zero attached hydrogens (tertiary/aromatic N) is 1. The van der Waals surface area contributed by atoms with E-state index in [4.69, 9.17) is 0 Å². The van der Waals surface area contributed by atoms with Gasteiger partial charge in [-0.3, -0.25) is 0 Å². The van der Waals surface area contributed by atoms with E-state index in [9.17, 15) is 4.79 Å². The number of hydrogen-bond acceptors (Lipinski definition) is 2. The minimum atomic E-state index is 0.666. The predicted octanol–water partition coefficient (Wildman–Crippen LogP) is 7.39. The number of unbranched alkanes of at least 4 members (excludes halogenated alkanes) is 10. The van der Waals surface area contributed by atoms with E-state index in [0.717, 1.165) is 18.3 Å². The van der Waals surface area contributed by atoms with Gasteiger partial charge in [-0.25, -0.2) is 9.79 Å². The molecule has 0 N–H and O–H groups in total. The highest BCUT2D eigenvalue weighted by Gasteiger charge is 2.21. The zero-order chi connectivity index (χ0) is 18.0. The Hall–Kier alpha value is -0.880. The molecule has 0 aromatic rings. The van der Waals surface area contributed by atoms with Crippen LogP contribution >= 0.6 is 0 Å². The van der Waals surface area contributed by atoms with Gasteiger partial charge in [0.15, 0.2) is 0 Å². The van der Waals surface area contributed by atoms with Crippen LogP contribution in [0.1, 0.15) is 110 Å². The summed E-state index contributed by atoms with van der Waals surface area (Å²) in [4.78, 5) is 13.6. The van der Waals surface area contributed by atoms with E-state index in [1.54, 1.807) is 6.08 Å². The van der Waals surface area contributed by atoms with Gasteiger partial charge in [0.2, 0.25) is 6.08 Å². The molecule has 0 aromatic carbocycles. The molecule has 2 heteroatoms. The van der Waals surface area contributed by atoms with Gasteiger partial charge in [0.05, 0.1) is 6.54 Å². The molecule has 2 atom stereocenters. The van der Waals surface area contributed by atoms with Crippen LogP contribution in [0, 0.1) is 11.8 Å². The second-order valence-corrected chi connectivity index (χ2v) is 7.90. The first-order valence-electron chi connectivity index (χ1n) is 11.1. The molecule has 2 unspecified atom stereocenters. The average molecular weight is 348 g/mol. The zero-order valence-corrected chi connectivity index (χ0v) is 16.7. The van der Waals surface area contributed by atoms with E-state index < -0.39 is 0 Å². The number of isocyanates is 1. The Bertz CT molecular complexity index is 370. The molecular weight excluding hydrogens is 306 g/mol. The van der Waals surface area contributed by atoms with Crippen LogP contribution in [0.2, 0.25) is 0 Å². The highest BCUT2D eigenvalue weighted by molar-refractivity contribution is 5.32. The summed E-state index contributed by atoms with van der Waals surface area (Å²) >= 11 is 0. The Kier molecular flexibility index (Phi) is 14.7. The van der Waals surface area contributed by atoms with E-state index in [0.29, 0.717) is 6.54 Å². The smallest absolute Gasteiger partial charge is 0.211 e. The maximum Gasteiger partial charge on any atom is 0.234 e. The third-order valence-corrected chi connectivity index (χ3v) is 5.80. The lowest BCUT2D eigenvalue weighted by Gasteiger charge is -2.28. The Balaban J connectivity index is 1.98. The Morgan fingerprint density at radius 3 is 1.76 bits per heavy atom. The monoisotopic (exact) mass is 347 g/mol. The molecule has 25 heavy (non-hydrogen) atoms. The van der Waals surface area contributed by atoms with Gasteiger partial charge in [-0.2, -0.15) is 0 Å². The number of allylic oxidation sites excluding steroid dienone is 2. The van der Waals surface area contributed by atoms with Crippen LogP contribution in [0.3, 0.4) is 0 Å². The van der Waals surface area contributed by atoms with Gasteiger partial charge in [-0.05, 0) is 43.9 Å². The molecule has 0 spiro atoms. The lowest BCUT2D eigenvalue weighted by Crippen LogP contribution is -2.17. The topological polar surface area (TPSA) is 29.4 Å². The third-order valence-electron chi connectivity index (χ3n) is 5.80. The Morgan fingerprint density at radius 2 is 1.24 bits per heavy atom. The summed E-state index contributed by atoms with van der Waals surface area (Å²) in [5.74, 6) is 1.93. The van der Waals surface area contributed by atoms with E-state index in [1.165, 1.54) is 96.3 Å². The molecular formula is C23H41NO. The van der Waals surface area contributed by atoms with E-state index in [2.05, 4.69) is 24.1 Å². The minimum absolute atomic E-state index is 0.666. The van der Waals surface area contributed by atoms with Crippen molar-refractivity contribution in [3.8, 4) is 0 Å². The van der Waals surface area contributed by atoms with Gasteiger partial charge in [0, 0.05) is 0 Å². The zero-order valence-electron chi connectivity index (χ0n) is 16.7. The molecule has 2 nitrogen and oxygen atoms in total. The van der Waals surface area contributed by atoms with Gasteiger partial charge in [0.1, 0.15) is 0 Å². The molecule has 0 amide bonds. The number of carbonyl (C=O) groups excluding carboxylic acids is 1. The summed E-state index contributed by atoms with van der Waals surface area (Å²) in [6.45, 7) is 2.97. The number of rotatable bonds is 16. The first-order chi connectivity index (χ1) is 12.4. The van der Waals surface area contributed by atoms with Gasteiger partial charge in [-0.15, -0.1) is 0 Å². The molecule has 0 fully saturated rings. The van der Waals surface area contributed by atoms with Crippen LogP contribution < -0.4 is 0 Å². The summed E-state index contributed by atoms with van der Waals surface area (Å²) < 4.78 is 0. The fraction of sp³-hybridized carbons (Fsp3) is 0.870. The minimum Gasteiger partial charge on any atom is -0.211 e. The first kappa shape index (κ1) is 22.2. The molecule has 0 aromatic heterocycles. The normalized spacial score (nSPS) is 19.7. The van der Waals surface area contributed by atoms with Crippen LogP contribution in [0.5, 0.6) is 0 Å². The van der Waals surface area contributed by atoms with Crippen molar-refractivity contribution in [2.75, 3.05) is 6.54 Å². The first-order valence-corrected chi connectivity index (χ1v) is 11.1. The second-order valence-electron chi connectivity index (χ2n) is 7.90. The molecule has 0 saturated heterocycles. The van der Waals surface area contributed by atoms with Crippen LogP contribution in [0.15, 0.2) is 17.1 Å². The van der Waals surface area contributed by atoms with Crippen LogP contribution in [0.4, 0.5) is 0 Å². The molecule has 1 rings (SSSR count). The predicted molar refractivity (Wildman–Crippen MR) is 109 cm³/mol. The molecule has 144 valence electrons. The molecule has 0 radical (unpaired) electrons. The fourth-order valence-electron chi connectivity index (χ4n) is 4.17. The van der Waals surface area contributed by atoms with Crippen molar-refractivity contribution in [2.45, 2.75) is 110 Å². The van der Waals surface area contributed by atoms with Crippen LogP contribution in [0.25, 0.3) is 0 Å². The molecule has 0 heterocycles. The quantitative estimate of drug-likeness (QED) is 0.124. The van der Waals surface area contributed by atoms with E-state index >= 15 is 0 Å². The Morgan fingerprint density at radius 1 is 0.760 bits per heavy atom. The lowest BCUT2D eigenvalue weighted by molar-refractivity contribution is 0.271. The van der Waals surface area contributed by atoms with Crippen LogP contribution in [-0.2, 0) is 4.79 Å². The molecule has 0 bridgehead atoms. The lowest BCUT2D eigenvalue weighted by atomic mass is 9.77. The van der Waals surface area contributed by atoms with Crippen molar-refractivity contribution >= 4 is 6.08 Å². The molecule has 1 aliphatic carbocycles. The van der Waals surface area contributed by atoms with Crippen molar-refractivity contribution in [1.29, 1.82) is 0 Å². The van der Waals surface area contributed by atoms with Crippen molar-refractivity contribution in [1.82, 2.24) is 0 Å². The van der Waals surface area contributed by atoms with Gasteiger partial charge in [-0.1, -0.05) is 89.7 Å². The highest BCUT2D eigenvalue weighted by Crippen LogP contribution is 2.33. The largest absolute Gasteiger partial charge is 0.234 e. The Labute approximate surface area is 156 Å². The van der Waals surface area contributed by atoms with Crippen molar-refractivity contribution in [3.63, 3.8) is 0 Å². The summed E-state index contributed by atoms with van der Waals surface area (Å²) in [6.07, 6.45) is 28.2. The van der Waals surface area contributed by atoms with Gasteiger partial charge < -0.3 is 0 Å². The fourth-order valence-corrected chi connectivity index (χ4v) is 4.17.